The fraction of sp³-hybridized carbons (Fsp3) is 0.0769. The Morgan fingerprint density at radius 3 is 2.65 bits per heavy atom. The molecule has 0 radical (unpaired) electrons. The van der Waals surface area contributed by atoms with E-state index in [0.29, 0.717) is 11.4 Å². The number of halogens is 2. The van der Waals surface area contributed by atoms with Gasteiger partial charge in [0.15, 0.2) is 0 Å². The normalized spacial score (nSPS) is 10.3. The average Bonchev–Trinajstić information content (AvgIpc) is 2.28. The maximum Gasteiger partial charge on any atom is 0.125 e. The van der Waals surface area contributed by atoms with Crippen LogP contribution in [0.5, 0.6) is 0 Å². The van der Waals surface area contributed by atoms with Gasteiger partial charge in [0.2, 0.25) is 0 Å². The quantitative estimate of drug-likeness (QED) is 0.814. The van der Waals surface area contributed by atoms with Crippen molar-refractivity contribution >= 4 is 33.0 Å². The van der Waals surface area contributed by atoms with Crippen molar-refractivity contribution < 1.29 is 4.39 Å². The lowest BCUT2D eigenvalue weighted by Gasteiger charge is -2.12. The molecule has 4 heteroatoms. The van der Waals surface area contributed by atoms with Crippen LogP contribution in [-0.4, -0.2) is 0 Å². The molecular weight excluding hydrogens is 283 g/mol. The summed E-state index contributed by atoms with van der Waals surface area (Å²) in [5, 5.41) is 3.16. The highest BCUT2D eigenvalue weighted by Crippen LogP contribution is 2.29. The van der Waals surface area contributed by atoms with Crippen molar-refractivity contribution in [3.63, 3.8) is 0 Å². The second-order valence-corrected chi connectivity index (χ2v) is 4.68. The van der Waals surface area contributed by atoms with Crippen LogP contribution in [0.15, 0.2) is 40.9 Å². The first-order valence-corrected chi connectivity index (χ1v) is 5.94. The minimum absolute atomic E-state index is 0.280. The Morgan fingerprint density at radius 1 is 1.12 bits per heavy atom. The van der Waals surface area contributed by atoms with Gasteiger partial charge in [-0.05, 0) is 58.7 Å². The highest BCUT2D eigenvalue weighted by molar-refractivity contribution is 9.10. The fourth-order valence-electron chi connectivity index (χ4n) is 1.51. The van der Waals surface area contributed by atoms with Crippen LogP contribution in [0.25, 0.3) is 0 Å². The van der Waals surface area contributed by atoms with Crippen LogP contribution >= 0.6 is 15.9 Å². The molecule has 0 unspecified atom stereocenters. The third kappa shape index (κ3) is 2.77. The van der Waals surface area contributed by atoms with Gasteiger partial charge in [-0.1, -0.05) is 6.07 Å². The van der Waals surface area contributed by atoms with E-state index in [2.05, 4.69) is 21.2 Å². The van der Waals surface area contributed by atoms with Crippen molar-refractivity contribution in [2.45, 2.75) is 6.92 Å². The Morgan fingerprint density at radius 2 is 1.88 bits per heavy atom. The summed E-state index contributed by atoms with van der Waals surface area (Å²) in [5.74, 6) is -0.280. The van der Waals surface area contributed by atoms with E-state index in [0.717, 1.165) is 15.7 Å². The van der Waals surface area contributed by atoms with Crippen molar-refractivity contribution in [2.75, 3.05) is 11.1 Å². The molecule has 2 nitrogen and oxygen atoms in total. The molecule has 0 spiro atoms. The van der Waals surface area contributed by atoms with Crippen LogP contribution in [0.2, 0.25) is 0 Å². The Kier molecular flexibility index (Phi) is 3.33. The minimum atomic E-state index is -0.280. The van der Waals surface area contributed by atoms with E-state index in [1.807, 2.05) is 25.1 Å². The molecule has 17 heavy (non-hydrogen) atoms. The van der Waals surface area contributed by atoms with Gasteiger partial charge >= 0.3 is 0 Å². The Bertz CT molecular complexity index is 506. The third-order valence-electron chi connectivity index (χ3n) is 2.46. The summed E-state index contributed by atoms with van der Waals surface area (Å²) < 4.78 is 14.0. The zero-order valence-corrected chi connectivity index (χ0v) is 10.9. The van der Waals surface area contributed by atoms with E-state index >= 15 is 0 Å². The summed E-state index contributed by atoms with van der Waals surface area (Å²) in [6.07, 6.45) is 0. The number of nitrogens with one attached hydrogen (secondary N) is 1. The minimum Gasteiger partial charge on any atom is -0.399 e. The maximum atomic E-state index is 13.1. The molecule has 0 fully saturated rings. The third-order valence-corrected chi connectivity index (χ3v) is 3.15. The summed E-state index contributed by atoms with van der Waals surface area (Å²) in [5.41, 5.74) is 9.00. The lowest BCUT2D eigenvalue weighted by Crippen LogP contribution is -1.96. The lowest BCUT2D eigenvalue weighted by atomic mass is 10.1. The Hall–Kier alpha value is -1.55. The van der Waals surface area contributed by atoms with E-state index in [1.165, 1.54) is 12.1 Å². The zero-order valence-electron chi connectivity index (χ0n) is 9.30. The van der Waals surface area contributed by atoms with Crippen LogP contribution < -0.4 is 11.1 Å². The van der Waals surface area contributed by atoms with Gasteiger partial charge in [-0.25, -0.2) is 4.39 Å². The summed E-state index contributed by atoms with van der Waals surface area (Å²) in [6.45, 7) is 1.97. The molecule has 2 aromatic rings. The topological polar surface area (TPSA) is 38.0 Å². The van der Waals surface area contributed by atoms with E-state index in [1.54, 1.807) is 6.07 Å². The van der Waals surface area contributed by atoms with Crippen molar-refractivity contribution in [3.05, 3.63) is 52.3 Å². The number of nitrogen functional groups attached to an aromatic ring is 1. The number of hydrogen-bond acceptors (Lipinski definition) is 2. The lowest BCUT2D eigenvalue weighted by molar-refractivity contribution is 0.628. The Balaban J connectivity index is 2.37. The van der Waals surface area contributed by atoms with Crippen LogP contribution in [0.3, 0.4) is 0 Å². The fourth-order valence-corrected chi connectivity index (χ4v) is 1.86. The monoisotopic (exact) mass is 294 g/mol. The highest BCUT2D eigenvalue weighted by atomic mass is 79.9. The molecular formula is C13H12BrFN2. The first-order valence-electron chi connectivity index (χ1n) is 5.14. The second kappa shape index (κ2) is 4.75. The molecule has 2 rings (SSSR count). The molecule has 3 N–H and O–H groups in total. The summed E-state index contributed by atoms with van der Waals surface area (Å²) in [4.78, 5) is 0. The molecule has 0 amide bonds. The number of anilines is 3. The van der Waals surface area contributed by atoms with Crippen molar-refractivity contribution in [1.29, 1.82) is 0 Å². The first kappa shape index (κ1) is 11.9. The van der Waals surface area contributed by atoms with Crippen LogP contribution in [0, 0.1) is 12.7 Å². The zero-order chi connectivity index (χ0) is 12.4. The number of benzene rings is 2. The molecule has 0 bridgehead atoms. The van der Waals surface area contributed by atoms with Gasteiger partial charge in [0.1, 0.15) is 5.82 Å². The standard InChI is InChI=1S/C13H12BrFN2/c1-8-2-4-10(16)7-12(8)17-13-6-9(15)3-5-11(13)14/h2-7,17H,16H2,1H3. The van der Waals surface area contributed by atoms with Crippen LogP contribution in [0.4, 0.5) is 21.5 Å². The van der Waals surface area contributed by atoms with Crippen molar-refractivity contribution in [3.8, 4) is 0 Å². The summed E-state index contributed by atoms with van der Waals surface area (Å²) >= 11 is 3.37. The molecule has 2 aromatic carbocycles. The molecule has 88 valence electrons. The summed E-state index contributed by atoms with van der Waals surface area (Å²) in [6, 6.07) is 10.1. The highest BCUT2D eigenvalue weighted by Gasteiger charge is 2.04. The number of hydrogen-bond donors (Lipinski definition) is 2. The predicted octanol–water partition coefficient (Wildman–Crippen LogP) is 4.22. The van der Waals surface area contributed by atoms with E-state index in [9.17, 15) is 4.39 Å². The van der Waals surface area contributed by atoms with Gasteiger partial charge < -0.3 is 11.1 Å². The van der Waals surface area contributed by atoms with Gasteiger partial charge in [0.25, 0.3) is 0 Å². The van der Waals surface area contributed by atoms with Gasteiger partial charge in [-0.15, -0.1) is 0 Å². The summed E-state index contributed by atoms with van der Waals surface area (Å²) in [7, 11) is 0. The Labute approximate surface area is 108 Å². The van der Waals surface area contributed by atoms with Gasteiger partial charge in [-0.3, -0.25) is 0 Å². The van der Waals surface area contributed by atoms with Gasteiger partial charge in [-0.2, -0.15) is 0 Å². The van der Waals surface area contributed by atoms with Crippen LogP contribution in [0.1, 0.15) is 5.56 Å². The van der Waals surface area contributed by atoms with E-state index in [-0.39, 0.29) is 5.82 Å². The molecule has 0 saturated heterocycles. The van der Waals surface area contributed by atoms with Gasteiger partial charge in [0.05, 0.1) is 5.69 Å². The second-order valence-electron chi connectivity index (χ2n) is 3.82. The molecule has 0 heterocycles. The SMILES string of the molecule is Cc1ccc(N)cc1Nc1cc(F)ccc1Br. The molecule has 0 saturated carbocycles. The molecule has 0 aromatic heterocycles. The van der Waals surface area contributed by atoms with Crippen molar-refractivity contribution in [1.82, 2.24) is 0 Å². The first-order chi connectivity index (χ1) is 8.06. The number of rotatable bonds is 2. The molecule has 0 atom stereocenters. The van der Waals surface area contributed by atoms with Crippen LogP contribution in [-0.2, 0) is 0 Å². The molecule has 0 aliphatic carbocycles. The van der Waals surface area contributed by atoms with Crippen molar-refractivity contribution in [2.24, 2.45) is 0 Å². The largest absolute Gasteiger partial charge is 0.399 e. The predicted molar refractivity (Wildman–Crippen MR) is 73.0 cm³/mol. The van der Waals surface area contributed by atoms with E-state index in [4.69, 9.17) is 5.73 Å². The smallest absolute Gasteiger partial charge is 0.125 e. The average molecular weight is 295 g/mol. The maximum absolute atomic E-state index is 13.1. The molecule has 0 aliphatic rings. The van der Waals surface area contributed by atoms with Gasteiger partial charge in [0, 0.05) is 15.8 Å². The number of aryl methyl sites for hydroxylation is 1. The van der Waals surface area contributed by atoms with E-state index < -0.39 is 0 Å². The number of nitrogens with two attached hydrogens (primary N) is 1. The molecule has 0 aliphatic heterocycles.